The third-order valence-electron chi connectivity index (χ3n) is 9.29. The van der Waals surface area contributed by atoms with E-state index in [1.54, 1.807) is 24.3 Å². The second-order valence-electron chi connectivity index (χ2n) is 12.9. The molecule has 5 rings (SSSR count). The lowest BCUT2D eigenvalue weighted by atomic mass is 9.88. The molecule has 0 unspecified atom stereocenters. The van der Waals surface area contributed by atoms with Gasteiger partial charge in [0.05, 0.1) is 13.2 Å². The largest absolute Gasteiger partial charge is 0.493 e. The molecule has 0 aliphatic rings. The molecule has 0 amide bonds. The Kier molecular flexibility index (Phi) is 13.8. The van der Waals surface area contributed by atoms with Gasteiger partial charge in [-0.1, -0.05) is 113 Å². The van der Waals surface area contributed by atoms with Gasteiger partial charge in [0.1, 0.15) is 11.5 Å². The number of rotatable bonds is 20. The predicted molar refractivity (Wildman–Crippen MR) is 209 cm³/mol. The van der Waals surface area contributed by atoms with Crippen LogP contribution < -0.4 is 9.47 Å². The van der Waals surface area contributed by atoms with Crippen molar-refractivity contribution in [3.63, 3.8) is 0 Å². The van der Waals surface area contributed by atoms with Crippen molar-refractivity contribution in [2.75, 3.05) is 13.2 Å². The van der Waals surface area contributed by atoms with E-state index in [1.807, 2.05) is 72.8 Å². The number of carbonyl (C=O) groups excluding carboxylic acids is 4. The maximum absolute atomic E-state index is 12.7. The van der Waals surface area contributed by atoms with Crippen molar-refractivity contribution in [1.82, 2.24) is 0 Å². The highest BCUT2D eigenvalue weighted by molar-refractivity contribution is 6.01. The summed E-state index contributed by atoms with van der Waals surface area (Å²) < 4.78 is 13.0. The average Bonchev–Trinajstić information content (AvgIpc) is 3.20. The Hall–Kier alpha value is -5.62. The van der Waals surface area contributed by atoms with Crippen molar-refractivity contribution in [3.8, 4) is 56.0 Å². The first-order valence-corrected chi connectivity index (χ1v) is 18.3. The lowest BCUT2D eigenvalue weighted by Crippen LogP contribution is -2.05. The average molecular weight is 695 g/mol. The van der Waals surface area contributed by atoms with Crippen molar-refractivity contribution < 1.29 is 28.7 Å². The van der Waals surface area contributed by atoms with Crippen molar-refractivity contribution in [2.45, 2.75) is 65.2 Å². The zero-order valence-corrected chi connectivity index (χ0v) is 30.1. The molecule has 0 atom stereocenters. The normalized spacial score (nSPS) is 10.8. The predicted octanol–water partition coefficient (Wildman–Crippen LogP) is 11.5. The summed E-state index contributed by atoms with van der Waals surface area (Å²) >= 11 is 0. The first-order valence-electron chi connectivity index (χ1n) is 18.3. The van der Waals surface area contributed by atoms with E-state index < -0.39 is 0 Å². The molecule has 0 aromatic heterocycles. The van der Waals surface area contributed by atoms with Crippen molar-refractivity contribution in [3.05, 3.63) is 119 Å². The van der Waals surface area contributed by atoms with E-state index >= 15 is 0 Å². The molecule has 0 bridgehead atoms. The molecule has 6 heteroatoms. The zero-order chi connectivity index (χ0) is 36.7. The maximum Gasteiger partial charge on any atom is 0.150 e. The maximum atomic E-state index is 12.7. The van der Waals surface area contributed by atoms with Gasteiger partial charge < -0.3 is 9.47 Å². The Labute approximate surface area is 306 Å². The molecule has 5 aromatic carbocycles. The minimum Gasteiger partial charge on any atom is -0.493 e. The molecular weight excluding hydrogens is 649 g/mol. The van der Waals surface area contributed by atoms with E-state index in [0.29, 0.717) is 80.3 Å². The van der Waals surface area contributed by atoms with Crippen LogP contribution in [-0.2, 0) is 0 Å². The van der Waals surface area contributed by atoms with Crippen molar-refractivity contribution >= 4 is 25.1 Å². The van der Waals surface area contributed by atoms with E-state index in [9.17, 15) is 19.2 Å². The third kappa shape index (κ3) is 8.99. The fraction of sp³-hybridized carbons (Fsp3) is 0.261. The summed E-state index contributed by atoms with van der Waals surface area (Å²) in [5.41, 5.74) is 6.87. The van der Waals surface area contributed by atoms with E-state index in [4.69, 9.17) is 9.47 Å². The molecule has 5 aromatic rings. The Bertz CT molecular complexity index is 1840. The molecule has 266 valence electrons. The summed E-state index contributed by atoms with van der Waals surface area (Å²) in [5.74, 6) is 0.961. The minimum absolute atomic E-state index is 0.394. The summed E-state index contributed by atoms with van der Waals surface area (Å²) in [5, 5.41) is 0. The molecule has 0 saturated heterocycles. The number of ether oxygens (including phenoxy) is 2. The molecule has 0 spiro atoms. The van der Waals surface area contributed by atoms with Gasteiger partial charge in [0, 0.05) is 33.4 Å². The SMILES string of the molecule is CCCCCCOc1cc(-c2cc(C=O)c(-c3ccccc3)cc2C=O)c(OCCCCCC)cc1-c1cc(C=O)c(-c2ccccc2)cc1C=O. The summed E-state index contributed by atoms with van der Waals surface area (Å²) in [6, 6.07) is 29.6. The summed E-state index contributed by atoms with van der Waals surface area (Å²) in [7, 11) is 0. The highest BCUT2D eigenvalue weighted by Crippen LogP contribution is 2.45. The molecule has 6 nitrogen and oxygen atoms in total. The van der Waals surface area contributed by atoms with Gasteiger partial charge in [0.25, 0.3) is 0 Å². The monoisotopic (exact) mass is 694 g/mol. The smallest absolute Gasteiger partial charge is 0.150 e. The van der Waals surface area contributed by atoms with Gasteiger partial charge in [-0.05, 0) is 82.6 Å². The number of benzene rings is 5. The summed E-state index contributed by atoms with van der Waals surface area (Å²) in [6.07, 6.45) is 11.2. The van der Waals surface area contributed by atoms with Crippen LogP contribution in [0.2, 0.25) is 0 Å². The Morgan fingerprint density at radius 1 is 0.404 bits per heavy atom. The number of hydrogen-bond donors (Lipinski definition) is 0. The quantitative estimate of drug-likeness (QED) is 0.0595. The number of aldehydes is 4. The van der Waals surface area contributed by atoms with Gasteiger partial charge in [-0.15, -0.1) is 0 Å². The highest BCUT2D eigenvalue weighted by atomic mass is 16.5. The number of hydrogen-bond acceptors (Lipinski definition) is 6. The molecule has 52 heavy (non-hydrogen) atoms. The van der Waals surface area contributed by atoms with Gasteiger partial charge in [0.15, 0.2) is 25.1 Å². The van der Waals surface area contributed by atoms with Gasteiger partial charge in [-0.3, -0.25) is 19.2 Å². The number of unbranched alkanes of at least 4 members (excludes halogenated alkanes) is 6. The van der Waals surface area contributed by atoms with E-state index in [0.717, 1.165) is 87.6 Å². The highest BCUT2D eigenvalue weighted by Gasteiger charge is 2.22. The van der Waals surface area contributed by atoms with E-state index in [1.165, 1.54) is 0 Å². The fourth-order valence-electron chi connectivity index (χ4n) is 6.50. The Morgan fingerprint density at radius 2 is 0.750 bits per heavy atom. The molecule has 0 N–H and O–H groups in total. The van der Waals surface area contributed by atoms with Crippen LogP contribution >= 0.6 is 0 Å². The van der Waals surface area contributed by atoms with Crippen LogP contribution in [0, 0.1) is 0 Å². The van der Waals surface area contributed by atoms with Crippen LogP contribution in [0.5, 0.6) is 11.5 Å². The first kappa shape index (κ1) is 37.6. The summed E-state index contributed by atoms with van der Waals surface area (Å²) in [4.78, 5) is 50.5. The van der Waals surface area contributed by atoms with Crippen molar-refractivity contribution in [2.24, 2.45) is 0 Å². The van der Waals surface area contributed by atoms with Crippen molar-refractivity contribution in [1.29, 1.82) is 0 Å². The Morgan fingerprint density at radius 3 is 1.10 bits per heavy atom. The molecule has 0 heterocycles. The van der Waals surface area contributed by atoms with Gasteiger partial charge >= 0.3 is 0 Å². The first-order chi connectivity index (χ1) is 25.6. The van der Waals surface area contributed by atoms with E-state index in [-0.39, 0.29) is 0 Å². The molecule has 0 saturated carbocycles. The Balaban J connectivity index is 1.74. The molecule has 0 radical (unpaired) electrons. The van der Waals surface area contributed by atoms with Gasteiger partial charge in [-0.25, -0.2) is 0 Å². The molecule has 0 aliphatic carbocycles. The van der Waals surface area contributed by atoms with Crippen LogP contribution in [0.3, 0.4) is 0 Å². The minimum atomic E-state index is 0.394. The molecule has 0 aliphatic heterocycles. The van der Waals surface area contributed by atoms with Gasteiger partial charge in [-0.2, -0.15) is 0 Å². The lowest BCUT2D eigenvalue weighted by Gasteiger charge is -2.21. The lowest BCUT2D eigenvalue weighted by molar-refractivity contribution is 0.111. The van der Waals surface area contributed by atoms with Crippen LogP contribution in [0.1, 0.15) is 107 Å². The van der Waals surface area contributed by atoms with Crippen LogP contribution in [-0.4, -0.2) is 38.4 Å². The second-order valence-corrected chi connectivity index (χ2v) is 12.9. The van der Waals surface area contributed by atoms with Crippen LogP contribution in [0.4, 0.5) is 0 Å². The zero-order valence-electron chi connectivity index (χ0n) is 30.1. The fourth-order valence-corrected chi connectivity index (χ4v) is 6.50. The topological polar surface area (TPSA) is 86.7 Å². The number of carbonyl (C=O) groups is 4. The standard InChI is InChI=1S/C46H46O6/c1-3-5-7-15-21-51-45-27-44(42-26-36(30-48)40(24-38(42)32-50)34-19-13-10-14-20-34)46(52-22-16-8-6-4-2)28-43(45)41-25-35(29-47)39(23-37(41)31-49)33-17-11-9-12-18-33/h9-14,17-20,23-32H,3-8,15-16,21-22H2,1-2H3. The second kappa shape index (κ2) is 19.1. The molecule has 0 fully saturated rings. The van der Waals surface area contributed by atoms with E-state index in [2.05, 4.69) is 13.8 Å². The van der Waals surface area contributed by atoms with Crippen LogP contribution in [0.25, 0.3) is 44.5 Å². The molecular formula is C46H46O6. The third-order valence-corrected chi connectivity index (χ3v) is 9.29. The van der Waals surface area contributed by atoms with Gasteiger partial charge in [0.2, 0.25) is 0 Å². The summed E-state index contributed by atoms with van der Waals surface area (Å²) in [6.45, 7) is 5.15. The van der Waals surface area contributed by atoms with Crippen LogP contribution in [0.15, 0.2) is 97.1 Å².